The van der Waals surface area contributed by atoms with E-state index in [1.165, 1.54) is 37.7 Å². The number of benzene rings is 1. The Balaban J connectivity index is 1.42. The second-order valence-corrected chi connectivity index (χ2v) is 8.27. The average Bonchev–Trinajstić information content (AvgIpc) is 2.68. The van der Waals surface area contributed by atoms with Crippen molar-refractivity contribution in [3.05, 3.63) is 40.9 Å². The van der Waals surface area contributed by atoms with Crippen molar-refractivity contribution in [1.29, 1.82) is 0 Å². The smallest absolute Gasteiger partial charge is 0.236 e. The molecule has 26 heavy (non-hydrogen) atoms. The summed E-state index contributed by atoms with van der Waals surface area (Å²) in [6.07, 6.45) is 13.1. The molecule has 0 bridgehead atoms. The number of likely N-dealkylation sites (N-methyl/N-ethyl adjacent to an activating group) is 1. The number of allylic oxidation sites excluding steroid dienone is 1. The van der Waals surface area contributed by atoms with E-state index < -0.39 is 0 Å². The van der Waals surface area contributed by atoms with E-state index in [1.54, 1.807) is 0 Å². The Kier molecular flexibility index (Phi) is 7.15. The third-order valence-electron chi connectivity index (χ3n) is 5.91. The second-order valence-electron chi connectivity index (χ2n) is 7.84. The van der Waals surface area contributed by atoms with Crippen LogP contribution in [-0.4, -0.2) is 48.4 Å². The highest BCUT2D eigenvalue weighted by molar-refractivity contribution is 6.30. The number of halogens is 1. The van der Waals surface area contributed by atoms with Crippen molar-refractivity contribution < 1.29 is 4.79 Å². The summed E-state index contributed by atoms with van der Waals surface area (Å²) in [5.41, 5.74) is 1.18. The number of likely N-dealkylation sites (tertiary alicyclic amines) is 1. The number of hydrogen-bond donors (Lipinski definition) is 0. The number of carbonyl (C=O) groups is 1. The molecule has 4 heteroatoms. The summed E-state index contributed by atoms with van der Waals surface area (Å²) in [4.78, 5) is 17.0. The molecule has 3 nitrogen and oxygen atoms in total. The van der Waals surface area contributed by atoms with Gasteiger partial charge in [-0.3, -0.25) is 9.69 Å². The van der Waals surface area contributed by atoms with Crippen LogP contribution in [-0.2, 0) is 4.79 Å². The van der Waals surface area contributed by atoms with Gasteiger partial charge in [0.2, 0.25) is 5.91 Å². The van der Waals surface area contributed by atoms with Gasteiger partial charge in [-0.05, 0) is 56.3 Å². The van der Waals surface area contributed by atoms with Gasteiger partial charge in [0, 0.05) is 24.2 Å². The summed E-state index contributed by atoms with van der Waals surface area (Å²) in [5.74, 6) is 0.865. The third-order valence-corrected chi connectivity index (χ3v) is 6.16. The molecule has 2 aliphatic rings. The van der Waals surface area contributed by atoms with Gasteiger partial charge in [-0.25, -0.2) is 0 Å². The molecule has 0 atom stereocenters. The van der Waals surface area contributed by atoms with Gasteiger partial charge in [0.05, 0.1) is 6.54 Å². The maximum atomic E-state index is 12.6. The molecule has 1 aromatic carbocycles. The topological polar surface area (TPSA) is 23.6 Å². The molecular weight excluding hydrogens is 344 g/mol. The first-order valence-electron chi connectivity index (χ1n) is 10.0. The van der Waals surface area contributed by atoms with Gasteiger partial charge in [0.1, 0.15) is 0 Å². The van der Waals surface area contributed by atoms with E-state index in [0.717, 1.165) is 31.0 Å². The Morgan fingerprint density at radius 1 is 1.12 bits per heavy atom. The van der Waals surface area contributed by atoms with Crippen LogP contribution in [0.5, 0.6) is 0 Å². The maximum absolute atomic E-state index is 12.6. The highest BCUT2D eigenvalue weighted by Crippen LogP contribution is 2.23. The normalized spacial score (nSPS) is 20.2. The molecule has 1 amide bonds. The van der Waals surface area contributed by atoms with Gasteiger partial charge in [-0.1, -0.05) is 55.1 Å². The van der Waals surface area contributed by atoms with Gasteiger partial charge in [-0.2, -0.15) is 0 Å². The molecule has 0 radical (unpaired) electrons. The molecule has 2 fully saturated rings. The summed E-state index contributed by atoms with van der Waals surface area (Å²) in [5, 5.41) is 0.771. The van der Waals surface area contributed by atoms with E-state index in [4.69, 9.17) is 11.6 Å². The first kappa shape index (κ1) is 19.4. The Morgan fingerprint density at radius 3 is 2.42 bits per heavy atom. The average molecular weight is 375 g/mol. The molecule has 0 spiro atoms. The number of carbonyl (C=O) groups excluding carboxylic acids is 1. The third kappa shape index (κ3) is 5.59. The van der Waals surface area contributed by atoms with Crippen molar-refractivity contribution in [3.63, 3.8) is 0 Å². The fourth-order valence-corrected chi connectivity index (χ4v) is 4.25. The lowest BCUT2D eigenvalue weighted by atomic mass is 9.94. The van der Waals surface area contributed by atoms with Crippen molar-refractivity contribution in [2.75, 3.05) is 26.7 Å². The Labute approximate surface area is 163 Å². The number of amides is 1. The van der Waals surface area contributed by atoms with Crippen molar-refractivity contribution in [2.24, 2.45) is 5.92 Å². The molecule has 1 saturated heterocycles. The number of rotatable bonds is 5. The van der Waals surface area contributed by atoms with Crippen LogP contribution in [0.1, 0.15) is 50.5 Å². The molecule has 142 valence electrons. The van der Waals surface area contributed by atoms with Crippen LogP contribution in [0, 0.1) is 5.92 Å². The minimum absolute atomic E-state index is 0.304. The van der Waals surface area contributed by atoms with Gasteiger partial charge >= 0.3 is 0 Å². The second kappa shape index (κ2) is 9.57. The van der Waals surface area contributed by atoms with Gasteiger partial charge in [0.25, 0.3) is 0 Å². The summed E-state index contributed by atoms with van der Waals surface area (Å²) in [6.45, 7) is 2.34. The molecule has 0 unspecified atom stereocenters. The largest absolute Gasteiger partial charge is 0.342 e. The minimum Gasteiger partial charge on any atom is -0.342 e. The van der Waals surface area contributed by atoms with Crippen LogP contribution in [0.3, 0.4) is 0 Å². The molecule has 3 rings (SSSR count). The van der Waals surface area contributed by atoms with Crippen LogP contribution in [0.25, 0.3) is 6.08 Å². The standard InChI is InChI=1S/C22H31ClN2O/c1-24(21-5-3-2-4-6-21)17-22(26)25-15-13-19(14-16-25)8-7-18-9-11-20(23)12-10-18/h7-12,19,21H,2-6,13-17H2,1H3. The quantitative estimate of drug-likeness (QED) is 0.735. The highest BCUT2D eigenvalue weighted by atomic mass is 35.5. The zero-order valence-corrected chi connectivity index (χ0v) is 16.6. The summed E-state index contributed by atoms with van der Waals surface area (Å²) in [6, 6.07) is 8.53. The van der Waals surface area contributed by atoms with E-state index in [2.05, 4.69) is 29.0 Å². The predicted molar refractivity (Wildman–Crippen MR) is 109 cm³/mol. The van der Waals surface area contributed by atoms with Crippen LogP contribution < -0.4 is 0 Å². The summed E-state index contributed by atoms with van der Waals surface area (Å²) in [7, 11) is 2.12. The summed E-state index contributed by atoms with van der Waals surface area (Å²) >= 11 is 5.93. The first-order chi connectivity index (χ1) is 12.6. The van der Waals surface area contributed by atoms with Gasteiger partial charge in [-0.15, -0.1) is 0 Å². The summed E-state index contributed by atoms with van der Waals surface area (Å²) < 4.78 is 0. The molecule has 1 aromatic rings. The molecule has 1 aliphatic carbocycles. The van der Waals surface area contributed by atoms with E-state index in [-0.39, 0.29) is 0 Å². The number of hydrogen-bond acceptors (Lipinski definition) is 2. The van der Waals surface area contributed by atoms with Crippen LogP contribution in [0.15, 0.2) is 30.3 Å². The predicted octanol–water partition coefficient (Wildman–Crippen LogP) is 4.86. The Morgan fingerprint density at radius 2 is 1.77 bits per heavy atom. The minimum atomic E-state index is 0.304. The maximum Gasteiger partial charge on any atom is 0.236 e. The zero-order valence-electron chi connectivity index (χ0n) is 15.9. The first-order valence-corrected chi connectivity index (χ1v) is 10.4. The van der Waals surface area contributed by atoms with Crippen LogP contribution >= 0.6 is 11.6 Å². The van der Waals surface area contributed by atoms with Crippen molar-refractivity contribution in [3.8, 4) is 0 Å². The Hall–Kier alpha value is -1.32. The van der Waals surface area contributed by atoms with E-state index in [1.807, 2.05) is 24.3 Å². The van der Waals surface area contributed by atoms with E-state index in [0.29, 0.717) is 24.4 Å². The van der Waals surface area contributed by atoms with Crippen molar-refractivity contribution in [2.45, 2.75) is 51.0 Å². The highest BCUT2D eigenvalue weighted by Gasteiger charge is 2.25. The zero-order chi connectivity index (χ0) is 18.4. The monoisotopic (exact) mass is 374 g/mol. The van der Waals surface area contributed by atoms with E-state index in [9.17, 15) is 4.79 Å². The molecule has 1 saturated carbocycles. The lowest BCUT2D eigenvalue weighted by Crippen LogP contribution is -2.45. The molecule has 0 aromatic heterocycles. The Bertz CT molecular complexity index is 599. The van der Waals surface area contributed by atoms with Gasteiger partial charge < -0.3 is 4.90 Å². The van der Waals surface area contributed by atoms with Crippen LogP contribution in [0.2, 0.25) is 5.02 Å². The molecular formula is C22H31ClN2O. The van der Waals surface area contributed by atoms with Crippen molar-refractivity contribution in [1.82, 2.24) is 9.80 Å². The fourth-order valence-electron chi connectivity index (χ4n) is 4.13. The number of piperidine rings is 1. The lowest BCUT2D eigenvalue weighted by Gasteiger charge is -2.35. The van der Waals surface area contributed by atoms with E-state index >= 15 is 0 Å². The number of nitrogens with zero attached hydrogens (tertiary/aromatic N) is 2. The van der Waals surface area contributed by atoms with Gasteiger partial charge in [0.15, 0.2) is 0 Å². The van der Waals surface area contributed by atoms with Crippen molar-refractivity contribution >= 4 is 23.6 Å². The molecule has 1 aliphatic heterocycles. The molecule has 0 N–H and O–H groups in total. The molecule has 1 heterocycles. The fraction of sp³-hybridized carbons (Fsp3) is 0.591. The van der Waals surface area contributed by atoms with Crippen LogP contribution in [0.4, 0.5) is 0 Å². The lowest BCUT2D eigenvalue weighted by molar-refractivity contribution is -0.134. The SMILES string of the molecule is CN(CC(=O)N1CCC(C=Cc2ccc(Cl)cc2)CC1)C1CCCCC1.